The highest BCUT2D eigenvalue weighted by atomic mass is 19.1. The first kappa shape index (κ1) is 15.2. The summed E-state index contributed by atoms with van der Waals surface area (Å²) in [6.07, 6.45) is 0. The van der Waals surface area contributed by atoms with Crippen molar-refractivity contribution in [3.63, 3.8) is 0 Å². The molecule has 0 spiro atoms. The molecule has 0 aliphatic rings. The average Bonchev–Trinajstić information content (AvgIpc) is 2.48. The molecule has 1 atom stereocenters. The van der Waals surface area contributed by atoms with Gasteiger partial charge in [0.2, 0.25) is 0 Å². The summed E-state index contributed by atoms with van der Waals surface area (Å²) in [6.45, 7) is 3.30. The van der Waals surface area contributed by atoms with Crippen LogP contribution in [-0.4, -0.2) is 17.7 Å². The lowest BCUT2D eigenvalue weighted by atomic mass is 9.94. The molecule has 0 amide bonds. The molecular weight excluding hydrogens is 271 g/mol. The molecule has 1 unspecified atom stereocenters. The first-order chi connectivity index (χ1) is 9.95. The minimum Gasteiger partial charge on any atom is -0.464 e. The minimum absolute atomic E-state index is 0.211. The Morgan fingerprint density at radius 1 is 1.10 bits per heavy atom. The van der Waals surface area contributed by atoms with Crippen molar-refractivity contribution in [2.24, 2.45) is 0 Å². The summed E-state index contributed by atoms with van der Waals surface area (Å²) in [4.78, 5) is 11.7. The highest BCUT2D eigenvalue weighted by Gasteiger charge is 2.33. The Hall–Kier alpha value is -2.20. The highest BCUT2D eigenvalue weighted by molar-refractivity contribution is 5.81. The minimum atomic E-state index is -1.68. The molecule has 0 aromatic heterocycles. The van der Waals surface area contributed by atoms with E-state index in [-0.39, 0.29) is 12.4 Å². The van der Waals surface area contributed by atoms with Crippen LogP contribution in [0.25, 0.3) is 11.1 Å². The summed E-state index contributed by atoms with van der Waals surface area (Å²) in [5, 5.41) is 10.3. The van der Waals surface area contributed by atoms with E-state index in [1.54, 1.807) is 43.3 Å². The Morgan fingerprint density at radius 2 is 1.57 bits per heavy atom. The summed E-state index contributed by atoms with van der Waals surface area (Å²) >= 11 is 0. The average molecular weight is 288 g/mol. The van der Waals surface area contributed by atoms with E-state index in [1.807, 2.05) is 0 Å². The van der Waals surface area contributed by atoms with E-state index in [9.17, 15) is 14.3 Å². The number of carbonyl (C=O) groups is 1. The third kappa shape index (κ3) is 3.28. The smallest absolute Gasteiger partial charge is 0.342 e. The summed E-state index contributed by atoms with van der Waals surface area (Å²) < 4.78 is 17.8. The summed E-state index contributed by atoms with van der Waals surface area (Å²) in [6, 6.07) is 13.0. The van der Waals surface area contributed by atoms with Gasteiger partial charge in [-0.1, -0.05) is 36.4 Å². The fraction of sp³-hybridized carbons (Fsp3) is 0.235. The third-order valence-electron chi connectivity index (χ3n) is 3.30. The molecule has 0 heterocycles. The first-order valence-electron chi connectivity index (χ1n) is 6.71. The van der Waals surface area contributed by atoms with Gasteiger partial charge in [-0.2, -0.15) is 0 Å². The van der Waals surface area contributed by atoms with E-state index in [4.69, 9.17) is 4.74 Å². The molecule has 3 nitrogen and oxygen atoms in total. The van der Waals surface area contributed by atoms with Crippen LogP contribution in [0, 0.1) is 5.82 Å². The number of halogens is 1. The quantitative estimate of drug-likeness (QED) is 0.878. The van der Waals surface area contributed by atoms with Gasteiger partial charge in [-0.3, -0.25) is 0 Å². The molecule has 0 saturated carbocycles. The Labute approximate surface area is 123 Å². The zero-order chi connectivity index (χ0) is 15.5. The van der Waals surface area contributed by atoms with E-state index in [2.05, 4.69) is 0 Å². The maximum atomic E-state index is 12.9. The zero-order valence-corrected chi connectivity index (χ0v) is 12.0. The van der Waals surface area contributed by atoms with Crippen LogP contribution in [0.5, 0.6) is 0 Å². The normalized spacial score (nSPS) is 13.5. The molecule has 2 rings (SSSR count). The molecular formula is C17H17FO3. The first-order valence-corrected chi connectivity index (χ1v) is 6.71. The molecule has 0 bridgehead atoms. The number of ether oxygens (including phenoxy) is 1. The third-order valence-corrected chi connectivity index (χ3v) is 3.30. The van der Waals surface area contributed by atoms with Crippen molar-refractivity contribution >= 4 is 5.97 Å². The molecule has 110 valence electrons. The Bertz CT molecular complexity index is 615. The fourth-order valence-corrected chi connectivity index (χ4v) is 2.02. The van der Waals surface area contributed by atoms with Gasteiger partial charge >= 0.3 is 5.97 Å². The van der Waals surface area contributed by atoms with Crippen molar-refractivity contribution in [1.29, 1.82) is 0 Å². The summed E-state index contributed by atoms with van der Waals surface area (Å²) in [5.41, 5.74) is 0.501. The van der Waals surface area contributed by atoms with Crippen LogP contribution in [-0.2, 0) is 15.1 Å². The lowest BCUT2D eigenvalue weighted by Crippen LogP contribution is -2.34. The lowest BCUT2D eigenvalue weighted by Gasteiger charge is -2.21. The second kappa shape index (κ2) is 6.06. The number of aliphatic hydroxyl groups is 1. The predicted octanol–water partition coefficient (Wildman–Crippen LogP) is 3.26. The van der Waals surface area contributed by atoms with Crippen LogP contribution in [0.4, 0.5) is 4.39 Å². The van der Waals surface area contributed by atoms with E-state index >= 15 is 0 Å². The largest absolute Gasteiger partial charge is 0.464 e. The fourth-order valence-electron chi connectivity index (χ4n) is 2.02. The highest BCUT2D eigenvalue weighted by Crippen LogP contribution is 2.26. The van der Waals surface area contributed by atoms with Gasteiger partial charge in [0.25, 0.3) is 0 Å². The van der Waals surface area contributed by atoms with Crippen molar-refractivity contribution < 1.29 is 19.0 Å². The molecule has 4 heteroatoms. The molecule has 1 N–H and O–H groups in total. The van der Waals surface area contributed by atoms with Crippen molar-refractivity contribution in [3.05, 3.63) is 59.9 Å². The maximum absolute atomic E-state index is 12.9. The zero-order valence-electron chi connectivity index (χ0n) is 12.0. The second-order valence-electron chi connectivity index (χ2n) is 4.88. The lowest BCUT2D eigenvalue weighted by molar-refractivity contribution is -0.164. The second-order valence-corrected chi connectivity index (χ2v) is 4.88. The Balaban J connectivity index is 2.26. The molecule has 21 heavy (non-hydrogen) atoms. The maximum Gasteiger partial charge on any atom is 0.342 e. The van der Waals surface area contributed by atoms with Crippen molar-refractivity contribution in [2.45, 2.75) is 19.4 Å². The van der Waals surface area contributed by atoms with Gasteiger partial charge in [0, 0.05) is 0 Å². The Kier molecular flexibility index (Phi) is 4.38. The monoisotopic (exact) mass is 288 g/mol. The molecule has 0 saturated heterocycles. The molecule has 0 aliphatic carbocycles. The van der Waals surface area contributed by atoms with Gasteiger partial charge < -0.3 is 9.84 Å². The predicted molar refractivity (Wildman–Crippen MR) is 78.0 cm³/mol. The molecule has 2 aromatic rings. The molecule has 0 fully saturated rings. The SMILES string of the molecule is CCOC(=O)C(C)(O)c1ccc(-c2ccc(F)cc2)cc1. The van der Waals surface area contributed by atoms with Crippen LogP contribution in [0.1, 0.15) is 19.4 Å². The van der Waals surface area contributed by atoms with Gasteiger partial charge in [-0.15, -0.1) is 0 Å². The number of rotatable bonds is 4. The van der Waals surface area contributed by atoms with Crippen molar-refractivity contribution in [3.8, 4) is 11.1 Å². The molecule has 2 aromatic carbocycles. The molecule has 0 aliphatic heterocycles. The number of hydrogen-bond acceptors (Lipinski definition) is 3. The number of benzene rings is 2. The van der Waals surface area contributed by atoms with Crippen LogP contribution in [0.2, 0.25) is 0 Å². The van der Waals surface area contributed by atoms with Crippen LogP contribution in [0.3, 0.4) is 0 Å². The Morgan fingerprint density at radius 3 is 2.05 bits per heavy atom. The van der Waals surface area contributed by atoms with Crippen LogP contribution in [0.15, 0.2) is 48.5 Å². The van der Waals surface area contributed by atoms with E-state index in [0.29, 0.717) is 5.56 Å². The van der Waals surface area contributed by atoms with Crippen molar-refractivity contribution in [1.82, 2.24) is 0 Å². The number of hydrogen-bond donors (Lipinski definition) is 1. The van der Waals surface area contributed by atoms with E-state index in [1.165, 1.54) is 19.1 Å². The van der Waals surface area contributed by atoms with Crippen LogP contribution >= 0.6 is 0 Å². The number of esters is 1. The summed E-state index contributed by atoms with van der Waals surface area (Å²) in [7, 11) is 0. The van der Waals surface area contributed by atoms with Gasteiger partial charge in [-0.25, -0.2) is 9.18 Å². The topological polar surface area (TPSA) is 46.5 Å². The van der Waals surface area contributed by atoms with Crippen molar-refractivity contribution in [2.75, 3.05) is 6.61 Å². The number of carbonyl (C=O) groups excluding carboxylic acids is 1. The summed E-state index contributed by atoms with van der Waals surface area (Å²) in [5.74, 6) is -0.972. The van der Waals surface area contributed by atoms with E-state index < -0.39 is 11.6 Å². The van der Waals surface area contributed by atoms with Crippen LogP contribution < -0.4 is 0 Å². The van der Waals surface area contributed by atoms with Gasteiger partial charge in [0.15, 0.2) is 5.60 Å². The standard InChI is InChI=1S/C17H17FO3/c1-3-21-16(19)17(2,20)14-8-4-12(5-9-14)13-6-10-15(18)11-7-13/h4-11,20H,3H2,1-2H3. The van der Waals surface area contributed by atoms with E-state index in [0.717, 1.165) is 11.1 Å². The van der Waals surface area contributed by atoms with Gasteiger partial charge in [0.1, 0.15) is 5.82 Å². The van der Waals surface area contributed by atoms with Gasteiger partial charge in [-0.05, 0) is 42.7 Å². The van der Waals surface area contributed by atoms with Gasteiger partial charge in [0.05, 0.1) is 6.61 Å². The molecule has 0 radical (unpaired) electrons.